The van der Waals surface area contributed by atoms with Crippen LogP contribution < -0.4 is 5.11 Å². The molecule has 0 saturated heterocycles. The van der Waals surface area contributed by atoms with Crippen molar-refractivity contribution in [2.75, 3.05) is 47.5 Å². The van der Waals surface area contributed by atoms with E-state index in [1.165, 1.54) is 141 Å². The average molecular weight is 1020 g/mol. The van der Waals surface area contributed by atoms with Gasteiger partial charge in [-0.15, -0.1) is 0 Å². The number of aliphatic carboxylic acids is 1. The van der Waals surface area contributed by atoms with E-state index in [1.54, 1.807) is 0 Å². The number of unbranched alkanes of at least 4 members (excludes halogenated alkanes) is 25. The van der Waals surface area contributed by atoms with Crippen molar-refractivity contribution in [2.45, 2.75) is 257 Å². The maximum absolute atomic E-state index is 12.8. The van der Waals surface area contributed by atoms with Gasteiger partial charge in [-0.25, -0.2) is 0 Å². The number of likely N-dealkylation sites (N-methyl/N-ethyl adjacent to an activating group) is 1. The number of esters is 2. The lowest BCUT2D eigenvalue weighted by molar-refractivity contribution is -0.870. The number of rotatable bonds is 54. The van der Waals surface area contributed by atoms with Gasteiger partial charge in [-0.05, 0) is 89.9 Å². The summed E-state index contributed by atoms with van der Waals surface area (Å²) in [7, 11) is 5.90. The number of quaternary nitrogens is 1. The van der Waals surface area contributed by atoms with Gasteiger partial charge in [-0.2, -0.15) is 0 Å². The molecule has 0 N–H and O–H groups in total. The van der Waals surface area contributed by atoms with E-state index in [1.807, 2.05) is 21.1 Å². The third kappa shape index (κ3) is 56.0. The van der Waals surface area contributed by atoms with Crippen LogP contribution in [0.1, 0.15) is 245 Å². The summed E-state index contributed by atoms with van der Waals surface area (Å²) in [4.78, 5) is 37.2. The molecular formula is C64H111NO8. The molecule has 0 rings (SSSR count). The van der Waals surface area contributed by atoms with Gasteiger partial charge in [0.1, 0.15) is 13.2 Å². The monoisotopic (exact) mass is 1020 g/mol. The molecule has 2 atom stereocenters. The van der Waals surface area contributed by atoms with Gasteiger partial charge in [0.2, 0.25) is 0 Å². The largest absolute Gasteiger partial charge is 0.545 e. The van der Waals surface area contributed by atoms with Crippen LogP contribution in [0.2, 0.25) is 0 Å². The summed E-state index contributed by atoms with van der Waals surface area (Å²) in [5.41, 5.74) is 0. The predicted octanol–water partition coefficient (Wildman–Crippen LogP) is 16.2. The number of allylic oxidation sites excluding steroid dienone is 14. The lowest BCUT2D eigenvalue weighted by atomic mass is 10.0. The molecule has 0 amide bonds. The molecule has 0 heterocycles. The second-order valence-corrected chi connectivity index (χ2v) is 20.9. The van der Waals surface area contributed by atoms with Gasteiger partial charge in [0.15, 0.2) is 12.4 Å². The predicted molar refractivity (Wildman–Crippen MR) is 306 cm³/mol. The summed E-state index contributed by atoms with van der Waals surface area (Å²) in [5.74, 6) is -2.34. The highest BCUT2D eigenvalue weighted by Crippen LogP contribution is 2.16. The molecule has 0 aliphatic heterocycles. The second-order valence-electron chi connectivity index (χ2n) is 20.9. The van der Waals surface area contributed by atoms with Crippen LogP contribution in [-0.2, 0) is 33.3 Å². The molecule has 0 fully saturated rings. The van der Waals surface area contributed by atoms with E-state index in [-0.39, 0.29) is 38.6 Å². The fourth-order valence-corrected chi connectivity index (χ4v) is 8.06. The van der Waals surface area contributed by atoms with Gasteiger partial charge in [0.05, 0.1) is 40.3 Å². The van der Waals surface area contributed by atoms with Gasteiger partial charge in [-0.1, -0.05) is 227 Å². The van der Waals surface area contributed by atoms with Crippen molar-refractivity contribution in [1.82, 2.24) is 0 Å². The maximum Gasteiger partial charge on any atom is 0.306 e. The van der Waals surface area contributed by atoms with E-state index in [2.05, 4.69) is 98.9 Å². The Balaban J connectivity index is 4.11. The van der Waals surface area contributed by atoms with Crippen molar-refractivity contribution in [3.05, 3.63) is 85.1 Å². The quantitative estimate of drug-likeness (QED) is 0.0195. The number of nitrogens with zero attached hydrogens (tertiary/aromatic N) is 1. The number of carbonyl (C=O) groups excluding carboxylic acids is 3. The summed E-state index contributed by atoms with van der Waals surface area (Å²) < 4.78 is 22.6. The van der Waals surface area contributed by atoms with Gasteiger partial charge < -0.3 is 33.3 Å². The molecule has 420 valence electrons. The summed E-state index contributed by atoms with van der Waals surface area (Å²) in [6.45, 7) is 4.57. The van der Waals surface area contributed by atoms with Crippen LogP contribution in [0.4, 0.5) is 0 Å². The highest BCUT2D eigenvalue weighted by Gasteiger charge is 2.22. The molecule has 2 unspecified atom stereocenters. The first kappa shape index (κ1) is 69.5. The van der Waals surface area contributed by atoms with E-state index < -0.39 is 24.3 Å². The summed E-state index contributed by atoms with van der Waals surface area (Å²) in [6, 6.07) is 0. The Morgan fingerprint density at radius 3 is 1.19 bits per heavy atom. The van der Waals surface area contributed by atoms with E-state index in [4.69, 9.17) is 18.9 Å². The first-order valence-electron chi connectivity index (χ1n) is 29.7. The molecule has 0 saturated carbocycles. The van der Waals surface area contributed by atoms with E-state index in [0.29, 0.717) is 17.4 Å². The lowest BCUT2D eigenvalue weighted by Gasteiger charge is -2.26. The molecule has 0 bridgehead atoms. The molecular weight excluding hydrogens is 911 g/mol. The number of carboxylic acids is 1. The zero-order chi connectivity index (χ0) is 53.4. The fourth-order valence-electron chi connectivity index (χ4n) is 8.06. The van der Waals surface area contributed by atoms with Crippen LogP contribution >= 0.6 is 0 Å². The average Bonchev–Trinajstić information content (AvgIpc) is 3.36. The lowest BCUT2D eigenvalue weighted by Crippen LogP contribution is -2.44. The smallest absolute Gasteiger partial charge is 0.306 e. The number of hydrogen-bond acceptors (Lipinski definition) is 8. The SMILES string of the molecule is CC/C=C\C/C=C\C/C=C\C/C=C\CCCCC(=O)OC(COC(=O)CCCCCCCCCCCCCCCCCCCC/C=C\C/C=C\C/C=C\CCCCCCC)COC(OCC[N+](C)(C)C)C(=O)[O-]. The Morgan fingerprint density at radius 2 is 0.781 bits per heavy atom. The number of hydrogen-bond donors (Lipinski definition) is 0. The van der Waals surface area contributed by atoms with Crippen LogP contribution in [0.15, 0.2) is 85.1 Å². The van der Waals surface area contributed by atoms with Crippen LogP contribution in [0.25, 0.3) is 0 Å². The van der Waals surface area contributed by atoms with Crippen LogP contribution in [-0.4, -0.2) is 82.3 Å². The molecule has 0 aromatic heterocycles. The van der Waals surface area contributed by atoms with Crippen molar-refractivity contribution in [3.8, 4) is 0 Å². The van der Waals surface area contributed by atoms with E-state index >= 15 is 0 Å². The van der Waals surface area contributed by atoms with Crippen molar-refractivity contribution < 1.29 is 42.9 Å². The van der Waals surface area contributed by atoms with Crippen molar-refractivity contribution in [3.63, 3.8) is 0 Å². The van der Waals surface area contributed by atoms with Gasteiger partial charge >= 0.3 is 11.9 Å². The van der Waals surface area contributed by atoms with Crippen molar-refractivity contribution in [1.29, 1.82) is 0 Å². The Kier molecular flexibility index (Phi) is 52.1. The molecule has 0 aliphatic rings. The molecule has 9 nitrogen and oxygen atoms in total. The molecule has 0 aromatic carbocycles. The zero-order valence-electron chi connectivity index (χ0n) is 47.7. The number of ether oxygens (including phenoxy) is 4. The van der Waals surface area contributed by atoms with E-state index in [0.717, 1.165) is 70.6 Å². The first-order chi connectivity index (χ1) is 35.6. The maximum atomic E-state index is 12.8. The highest BCUT2D eigenvalue weighted by atomic mass is 16.7. The van der Waals surface area contributed by atoms with Crippen molar-refractivity contribution >= 4 is 17.9 Å². The van der Waals surface area contributed by atoms with Crippen LogP contribution in [0.5, 0.6) is 0 Å². The second kappa shape index (κ2) is 54.7. The number of carboxylic acid groups (broad SMARTS) is 1. The van der Waals surface area contributed by atoms with Gasteiger partial charge in [-0.3, -0.25) is 9.59 Å². The molecule has 0 radical (unpaired) electrons. The molecule has 0 aliphatic carbocycles. The summed E-state index contributed by atoms with van der Waals surface area (Å²) in [6.07, 6.45) is 69.5. The van der Waals surface area contributed by atoms with Gasteiger partial charge in [0, 0.05) is 12.8 Å². The number of carbonyl (C=O) groups is 3. The Hall–Kier alpha value is -3.53. The summed E-state index contributed by atoms with van der Waals surface area (Å²) >= 11 is 0. The van der Waals surface area contributed by atoms with E-state index in [9.17, 15) is 19.5 Å². The molecule has 0 aromatic rings. The normalized spacial score (nSPS) is 13.4. The Morgan fingerprint density at radius 1 is 0.425 bits per heavy atom. The first-order valence-corrected chi connectivity index (χ1v) is 29.7. The Labute approximate surface area is 449 Å². The van der Waals surface area contributed by atoms with Crippen LogP contribution in [0.3, 0.4) is 0 Å². The third-order valence-corrected chi connectivity index (χ3v) is 12.6. The van der Waals surface area contributed by atoms with Crippen LogP contribution in [0, 0.1) is 0 Å². The minimum atomic E-state index is -1.64. The fraction of sp³-hybridized carbons (Fsp3) is 0.734. The zero-order valence-corrected chi connectivity index (χ0v) is 47.7. The van der Waals surface area contributed by atoms with Gasteiger partial charge in [0.25, 0.3) is 0 Å². The molecule has 9 heteroatoms. The molecule has 0 spiro atoms. The topological polar surface area (TPSA) is 111 Å². The van der Waals surface area contributed by atoms with Crippen molar-refractivity contribution in [2.24, 2.45) is 0 Å². The third-order valence-electron chi connectivity index (χ3n) is 12.6. The Bertz CT molecular complexity index is 1470. The standard InChI is InChI=1S/C64H111NO8/c1-6-8-10-12-14-16-18-20-22-23-24-25-26-27-28-29-30-31-32-33-34-35-36-37-38-39-41-42-44-46-48-50-52-54-61(66)71-58-60(59-72-64(63(68)69)70-57-56-65(3,4)5)73-62(67)55-53-51-49-47-45-43-40-21-19-17-15-13-11-9-7-2/h9,11,15,17-18,20-21,23-24,26-27,40,45,47,60,64H,6-8,10,12-14,16,19,22,25,28-39,41-44,46,48-59H2,1-5H3/b11-9-,17-15-,20-18-,24-23-,27-26-,40-21-,47-45-. The highest BCUT2D eigenvalue weighted by molar-refractivity contribution is 5.70. The minimum Gasteiger partial charge on any atom is -0.545 e. The summed E-state index contributed by atoms with van der Waals surface area (Å²) in [5, 5.41) is 11.8. The minimum absolute atomic E-state index is 0.137. The molecule has 73 heavy (non-hydrogen) atoms.